The highest BCUT2D eigenvalue weighted by Gasteiger charge is 2.54. The highest BCUT2D eigenvalue weighted by atomic mass is 16.5. The summed E-state index contributed by atoms with van der Waals surface area (Å²) in [5, 5.41) is 12.7. The Labute approximate surface area is 200 Å². The standard InChI is InChI=1S/C25H32N6O3/c1-27-25(19-8-5-4-6-9-19)12-10-24(11-13-25)18-30(23(32)31(24)14-7-15-33-2)20-17-28-21(16-26)29-22(20)34-3/h4-6,8-9,17,27H,7,10-15,18H2,1-3H3/t24-,25-. The molecule has 9 heteroatoms. The number of nitriles is 1. The van der Waals surface area contributed by atoms with Crippen molar-refractivity contribution in [1.82, 2.24) is 20.2 Å². The molecule has 1 aromatic heterocycles. The van der Waals surface area contributed by atoms with Crippen LogP contribution in [0, 0.1) is 11.3 Å². The molecule has 1 saturated carbocycles. The van der Waals surface area contributed by atoms with Gasteiger partial charge in [-0.25, -0.2) is 9.78 Å². The highest BCUT2D eigenvalue weighted by molar-refractivity contribution is 5.96. The number of carbonyl (C=O) groups excluding carboxylic acids is 1. The third-order valence-electron chi connectivity index (χ3n) is 7.38. The Morgan fingerprint density at radius 3 is 2.53 bits per heavy atom. The fourth-order valence-corrected chi connectivity index (χ4v) is 5.44. The van der Waals surface area contributed by atoms with Crippen molar-refractivity contribution < 1.29 is 14.3 Å². The zero-order chi connectivity index (χ0) is 24.2. The lowest BCUT2D eigenvalue weighted by molar-refractivity contribution is 0.0722. The maximum Gasteiger partial charge on any atom is 0.325 e. The van der Waals surface area contributed by atoms with Crippen LogP contribution in [-0.4, -0.2) is 67.4 Å². The van der Waals surface area contributed by atoms with E-state index in [1.54, 1.807) is 12.0 Å². The summed E-state index contributed by atoms with van der Waals surface area (Å²) >= 11 is 0. The Morgan fingerprint density at radius 2 is 1.91 bits per heavy atom. The second-order valence-corrected chi connectivity index (χ2v) is 8.99. The SMILES string of the molecule is CN[C@]1(c2ccccc2)CC[C@@]2(CC1)CN(c1cnc(C#N)nc1OC)C(=O)N2CCCOC. The highest BCUT2D eigenvalue weighted by Crippen LogP contribution is 2.48. The van der Waals surface area contributed by atoms with Crippen LogP contribution in [0.2, 0.25) is 0 Å². The van der Waals surface area contributed by atoms with Crippen LogP contribution in [-0.2, 0) is 10.3 Å². The molecule has 2 aliphatic rings. The first-order valence-electron chi connectivity index (χ1n) is 11.7. The minimum absolute atomic E-state index is 0.0123. The van der Waals surface area contributed by atoms with Crippen LogP contribution in [0.25, 0.3) is 0 Å². The lowest BCUT2D eigenvalue weighted by atomic mass is 9.69. The van der Waals surface area contributed by atoms with Crippen LogP contribution in [0.15, 0.2) is 36.5 Å². The Hall–Kier alpha value is -3.22. The summed E-state index contributed by atoms with van der Waals surface area (Å²) < 4.78 is 10.7. The van der Waals surface area contributed by atoms with Gasteiger partial charge >= 0.3 is 6.03 Å². The molecular formula is C25H32N6O3. The molecule has 0 radical (unpaired) electrons. The van der Waals surface area contributed by atoms with Crippen molar-refractivity contribution in [3.05, 3.63) is 47.9 Å². The van der Waals surface area contributed by atoms with E-state index in [2.05, 4.69) is 39.6 Å². The fourth-order valence-electron chi connectivity index (χ4n) is 5.44. The number of nitrogens with zero attached hydrogens (tertiary/aromatic N) is 5. The van der Waals surface area contributed by atoms with Crippen molar-refractivity contribution in [2.24, 2.45) is 0 Å². The average molecular weight is 465 g/mol. The van der Waals surface area contributed by atoms with Crippen LogP contribution in [0.4, 0.5) is 10.5 Å². The minimum Gasteiger partial charge on any atom is -0.479 e. The van der Waals surface area contributed by atoms with Crippen molar-refractivity contribution >= 4 is 11.7 Å². The molecule has 1 aliphatic carbocycles. The number of hydrogen-bond acceptors (Lipinski definition) is 7. The topological polar surface area (TPSA) is 104 Å². The normalized spacial score (nSPS) is 24.5. The van der Waals surface area contributed by atoms with Gasteiger partial charge in [0.05, 0.1) is 25.4 Å². The van der Waals surface area contributed by atoms with Crippen molar-refractivity contribution in [2.45, 2.75) is 43.2 Å². The predicted octanol–water partition coefficient (Wildman–Crippen LogP) is 3.06. The maximum absolute atomic E-state index is 13.7. The van der Waals surface area contributed by atoms with Gasteiger partial charge in [-0.1, -0.05) is 30.3 Å². The first kappa shape index (κ1) is 23.9. The van der Waals surface area contributed by atoms with E-state index in [9.17, 15) is 4.79 Å². The second-order valence-electron chi connectivity index (χ2n) is 8.99. The van der Waals surface area contributed by atoms with Gasteiger partial charge in [0.25, 0.3) is 0 Å². The molecule has 2 amide bonds. The van der Waals surface area contributed by atoms with Crippen molar-refractivity contribution in [3.63, 3.8) is 0 Å². The van der Waals surface area contributed by atoms with E-state index in [0.717, 1.165) is 32.1 Å². The van der Waals surface area contributed by atoms with Gasteiger partial charge in [-0.15, -0.1) is 0 Å². The summed E-state index contributed by atoms with van der Waals surface area (Å²) in [6, 6.07) is 12.4. The largest absolute Gasteiger partial charge is 0.479 e. The third kappa shape index (κ3) is 4.19. The van der Waals surface area contributed by atoms with Crippen molar-refractivity contribution in [3.8, 4) is 11.9 Å². The van der Waals surface area contributed by atoms with E-state index in [1.165, 1.54) is 18.9 Å². The molecule has 2 fully saturated rings. The fraction of sp³-hybridized carbons (Fsp3) is 0.520. The molecule has 34 heavy (non-hydrogen) atoms. The number of nitrogens with one attached hydrogen (secondary N) is 1. The van der Waals surface area contributed by atoms with Crippen LogP contribution in [0.5, 0.6) is 5.88 Å². The van der Waals surface area contributed by atoms with Gasteiger partial charge in [-0.3, -0.25) is 4.90 Å². The molecule has 0 atom stereocenters. The summed E-state index contributed by atoms with van der Waals surface area (Å²) in [6.45, 7) is 1.73. The molecule has 180 valence electrons. The zero-order valence-corrected chi connectivity index (χ0v) is 20.1. The summed E-state index contributed by atoms with van der Waals surface area (Å²) in [5.41, 5.74) is 1.35. The number of methoxy groups -OCH3 is 2. The van der Waals surface area contributed by atoms with E-state index in [0.29, 0.717) is 25.4 Å². The monoisotopic (exact) mass is 464 g/mol. The van der Waals surface area contributed by atoms with Crippen LogP contribution < -0.4 is 15.0 Å². The molecule has 1 aliphatic heterocycles. The van der Waals surface area contributed by atoms with Crippen molar-refractivity contribution in [1.29, 1.82) is 5.26 Å². The molecule has 9 nitrogen and oxygen atoms in total. The van der Waals surface area contributed by atoms with Gasteiger partial charge in [-0.05, 0) is 44.7 Å². The number of urea groups is 1. The molecule has 1 spiro atoms. The van der Waals surface area contributed by atoms with E-state index >= 15 is 0 Å². The third-order valence-corrected chi connectivity index (χ3v) is 7.38. The van der Waals surface area contributed by atoms with Gasteiger partial charge in [0.2, 0.25) is 11.7 Å². The average Bonchev–Trinajstić information content (AvgIpc) is 3.16. The van der Waals surface area contributed by atoms with Gasteiger partial charge in [-0.2, -0.15) is 10.2 Å². The van der Waals surface area contributed by atoms with Gasteiger partial charge < -0.3 is 19.7 Å². The quantitative estimate of drug-likeness (QED) is 0.599. The number of hydrogen-bond donors (Lipinski definition) is 1. The first-order valence-corrected chi connectivity index (χ1v) is 11.7. The number of amides is 2. The van der Waals surface area contributed by atoms with E-state index in [1.807, 2.05) is 24.1 Å². The Morgan fingerprint density at radius 1 is 1.18 bits per heavy atom. The second kappa shape index (κ2) is 9.95. The van der Waals surface area contributed by atoms with Gasteiger partial charge in [0.1, 0.15) is 11.8 Å². The minimum atomic E-state index is -0.307. The predicted molar refractivity (Wildman–Crippen MR) is 128 cm³/mol. The molecule has 2 aromatic rings. The van der Waals surface area contributed by atoms with Gasteiger partial charge in [0, 0.05) is 25.8 Å². The van der Waals surface area contributed by atoms with E-state index < -0.39 is 0 Å². The Kier molecular flexibility index (Phi) is 7.00. The van der Waals surface area contributed by atoms with E-state index in [4.69, 9.17) is 14.7 Å². The molecule has 2 heterocycles. The number of carbonyl (C=O) groups is 1. The molecule has 0 bridgehead atoms. The van der Waals surface area contributed by atoms with Crippen LogP contribution in [0.1, 0.15) is 43.5 Å². The molecule has 1 aromatic carbocycles. The summed E-state index contributed by atoms with van der Waals surface area (Å²) in [4.78, 5) is 25.7. The van der Waals surface area contributed by atoms with Crippen molar-refractivity contribution in [2.75, 3.05) is 45.9 Å². The molecular weight excluding hydrogens is 432 g/mol. The number of benzene rings is 1. The summed E-state index contributed by atoms with van der Waals surface area (Å²) in [5.74, 6) is 0.247. The first-order chi connectivity index (χ1) is 16.5. The Balaban J connectivity index is 1.65. The molecule has 1 saturated heterocycles. The Bertz CT molecular complexity index is 1050. The number of anilines is 1. The molecule has 0 unspecified atom stereocenters. The lowest BCUT2D eigenvalue weighted by Gasteiger charge is -2.48. The lowest BCUT2D eigenvalue weighted by Crippen LogP contribution is -2.55. The van der Waals surface area contributed by atoms with Crippen LogP contribution in [0.3, 0.4) is 0 Å². The van der Waals surface area contributed by atoms with Gasteiger partial charge in [0.15, 0.2) is 0 Å². The smallest absolute Gasteiger partial charge is 0.325 e. The number of rotatable bonds is 8. The molecule has 1 N–H and O–H groups in total. The summed E-state index contributed by atoms with van der Waals surface area (Å²) in [7, 11) is 5.18. The number of ether oxygens (including phenoxy) is 2. The molecule has 4 rings (SSSR count). The summed E-state index contributed by atoms with van der Waals surface area (Å²) in [6.07, 6.45) is 5.82. The number of aromatic nitrogens is 2. The van der Waals surface area contributed by atoms with Crippen LogP contribution >= 0.6 is 0 Å². The maximum atomic E-state index is 13.7. The zero-order valence-electron chi connectivity index (χ0n) is 20.1. The van der Waals surface area contributed by atoms with E-state index in [-0.39, 0.29) is 28.8 Å².